The molecule has 2 heterocycles. The third-order valence-corrected chi connectivity index (χ3v) is 4.26. The maximum Gasteiger partial charge on any atom is 0.242 e. The van der Waals surface area contributed by atoms with Crippen LogP contribution in [0, 0.1) is 0 Å². The maximum absolute atomic E-state index is 12.6. The Bertz CT molecular complexity index is 340. The normalized spacial score (nSPS) is 23.8. The van der Waals surface area contributed by atoms with Gasteiger partial charge in [0.1, 0.15) is 0 Å². The van der Waals surface area contributed by atoms with E-state index in [1.807, 2.05) is 4.90 Å². The molecule has 0 spiro atoms. The predicted molar refractivity (Wildman–Crippen MR) is 78.3 cm³/mol. The van der Waals surface area contributed by atoms with Gasteiger partial charge in [0.15, 0.2) is 0 Å². The smallest absolute Gasteiger partial charge is 0.242 e. The van der Waals surface area contributed by atoms with E-state index in [0.29, 0.717) is 12.5 Å². The SMILES string of the molecule is CCCN(C(=O)CN1CCCCCC1=O)C1CCNC1. The lowest BCUT2D eigenvalue weighted by molar-refractivity contribution is -0.141. The van der Waals surface area contributed by atoms with E-state index in [2.05, 4.69) is 12.2 Å². The second kappa shape index (κ2) is 7.62. The molecule has 0 bridgehead atoms. The minimum atomic E-state index is 0.121. The predicted octanol–water partition coefficient (Wildman–Crippen LogP) is 0.989. The Hall–Kier alpha value is -1.10. The Kier molecular flexibility index (Phi) is 5.83. The first kappa shape index (κ1) is 15.3. The minimum absolute atomic E-state index is 0.121. The zero-order valence-corrected chi connectivity index (χ0v) is 12.6. The zero-order chi connectivity index (χ0) is 14.4. The van der Waals surface area contributed by atoms with Crippen LogP contribution in [0.1, 0.15) is 45.4 Å². The van der Waals surface area contributed by atoms with E-state index in [0.717, 1.165) is 58.3 Å². The van der Waals surface area contributed by atoms with Crippen molar-refractivity contribution in [3.63, 3.8) is 0 Å². The van der Waals surface area contributed by atoms with Crippen molar-refractivity contribution in [1.29, 1.82) is 0 Å². The molecule has 2 fully saturated rings. The van der Waals surface area contributed by atoms with Crippen molar-refractivity contribution < 1.29 is 9.59 Å². The molecule has 2 rings (SSSR count). The summed E-state index contributed by atoms with van der Waals surface area (Å²) in [7, 11) is 0. The fourth-order valence-electron chi connectivity index (χ4n) is 3.12. The summed E-state index contributed by atoms with van der Waals surface area (Å²) in [6.45, 7) is 5.79. The fourth-order valence-corrected chi connectivity index (χ4v) is 3.12. The van der Waals surface area contributed by atoms with Crippen molar-refractivity contribution in [2.24, 2.45) is 0 Å². The number of likely N-dealkylation sites (tertiary alicyclic amines) is 1. The van der Waals surface area contributed by atoms with Crippen LogP contribution in [-0.2, 0) is 9.59 Å². The van der Waals surface area contributed by atoms with Crippen LogP contribution in [0.4, 0.5) is 0 Å². The molecule has 0 radical (unpaired) electrons. The van der Waals surface area contributed by atoms with Gasteiger partial charge >= 0.3 is 0 Å². The average molecular weight is 281 g/mol. The summed E-state index contributed by atoms with van der Waals surface area (Å²) in [4.78, 5) is 28.3. The van der Waals surface area contributed by atoms with Gasteiger partial charge in [0.25, 0.3) is 0 Å². The molecule has 0 aromatic carbocycles. The molecule has 1 atom stereocenters. The molecule has 0 aromatic rings. The van der Waals surface area contributed by atoms with Crippen LogP contribution in [0.25, 0.3) is 0 Å². The highest BCUT2D eigenvalue weighted by atomic mass is 16.2. The van der Waals surface area contributed by atoms with Gasteiger partial charge in [0.2, 0.25) is 11.8 Å². The zero-order valence-electron chi connectivity index (χ0n) is 12.6. The van der Waals surface area contributed by atoms with Crippen LogP contribution < -0.4 is 5.32 Å². The van der Waals surface area contributed by atoms with Gasteiger partial charge in [-0.2, -0.15) is 0 Å². The Morgan fingerprint density at radius 1 is 1.40 bits per heavy atom. The molecule has 5 nitrogen and oxygen atoms in total. The molecule has 20 heavy (non-hydrogen) atoms. The number of hydrogen-bond acceptors (Lipinski definition) is 3. The summed E-state index contributed by atoms with van der Waals surface area (Å²) in [5.74, 6) is 0.271. The van der Waals surface area contributed by atoms with Gasteiger partial charge in [-0.25, -0.2) is 0 Å². The molecule has 1 unspecified atom stereocenters. The highest BCUT2D eigenvalue weighted by Gasteiger charge is 2.28. The summed E-state index contributed by atoms with van der Waals surface area (Å²) < 4.78 is 0. The number of hydrogen-bond donors (Lipinski definition) is 1. The van der Waals surface area contributed by atoms with Crippen molar-refractivity contribution in [3.05, 3.63) is 0 Å². The first-order valence-electron chi connectivity index (χ1n) is 8.00. The first-order valence-corrected chi connectivity index (χ1v) is 8.00. The highest BCUT2D eigenvalue weighted by molar-refractivity contribution is 5.85. The Balaban J connectivity index is 1.94. The number of nitrogens with zero attached hydrogens (tertiary/aromatic N) is 2. The molecular weight excluding hydrogens is 254 g/mol. The Labute approximate surface area is 121 Å². The Morgan fingerprint density at radius 3 is 2.95 bits per heavy atom. The quantitative estimate of drug-likeness (QED) is 0.817. The van der Waals surface area contributed by atoms with E-state index in [4.69, 9.17) is 0 Å². The largest absolute Gasteiger partial charge is 0.337 e. The highest BCUT2D eigenvalue weighted by Crippen LogP contribution is 2.14. The number of rotatable bonds is 5. The molecule has 0 aliphatic carbocycles. The third kappa shape index (κ3) is 3.95. The van der Waals surface area contributed by atoms with Gasteiger partial charge in [-0.05, 0) is 32.2 Å². The lowest BCUT2D eigenvalue weighted by atomic mass is 10.2. The molecule has 114 valence electrons. The van der Waals surface area contributed by atoms with Gasteiger partial charge in [0.05, 0.1) is 6.54 Å². The minimum Gasteiger partial charge on any atom is -0.337 e. The summed E-state index contributed by atoms with van der Waals surface area (Å²) in [5.41, 5.74) is 0. The molecule has 1 N–H and O–H groups in total. The van der Waals surface area contributed by atoms with Gasteiger partial charge in [-0.3, -0.25) is 9.59 Å². The molecule has 5 heteroatoms. The molecule has 2 aliphatic rings. The molecule has 0 saturated carbocycles. The number of carbonyl (C=O) groups excluding carboxylic acids is 2. The number of amides is 2. The lowest BCUT2D eigenvalue weighted by Gasteiger charge is -2.31. The third-order valence-electron chi connectivity index (χ3n) is 4.26. The topological polar surface area (TPSA) is 52.7 Å². The second-order valence-electron chi connectivity index (χ2n) is 5.86. The van der Waals surface area contributed by atoms with Crippen LogP contribution in [0.15, 0.2) is 0 Å². The van der Waals surface area contributed by atoms with E-state index < -0.39 is 0 Å². The van der Waals surface area contributed by atoms with Crippen molar-refractivity contribution in [2.75, 3.05) is 32.7 Å². The van der Waals surface area contributed by atoms with Gasteiger partial charge in [-0.15, -0.1) is 0 Å². The summed E-state index contributed by atoms with van der Waals surface area (Å²) >= 11 is 0. The van der Waals surface area contributed by atoms with Crippen LogP contribution in [-0.4, -0.2) is 60.4 Å². The summed E-state index contributed by atoms with van der Waals surface area (Å²) in [5, 5.41) is 3.31. The van der Waals surface area contributed by atoms with Crippen molar-refractivity contribution in [3.8, 4) is 0 Å². The van der Waals surface area contributed by atoms with Crippen LogP contribution in [0.5, 0.6) is 0 Å². The van der Waals surface area contributed by atoms with Crippen LogP contribution in [0.3, 0.4) is 0 Å². The monoisotopic (exact) mass is 281 g/mol. The number of carbonyl (C=O) groups is 2. The van der Waals surface area contributed by atoms with E-state index in [1.54, 1.807) is 4.90 Å². The van der Waals surface area contributed by atoms with E-state index in [9.17, 15) is 9.59 Å². The maximum atomic E-state index is 12.6. The molecule has 2 aliphatic heterocycles. The lowest BCUT2D eigenvalue weighted by Crippen LogP contribution is -2.48. The van der Waals surface area contributed by atoms with E-state index >= 15 is 0 Å². The average Bonchev–Trinajstić information content (AvgIpc) is 2.89. The molecule has 2 saturated heterocycles. The molecular formula is C15H27N3O2. The van der Waals surface area contributed by atoms with E-state index in [1.165, 1.54) is 0 Å². The van der Waals surface area contributed by atoms with Crippen molar-refractivity contribution >= 4 is 11.8 Å². The summed E-state index contributed by atoms with van der Waals surface area (Å²) in [6, 6.07) is 0.310. The van der Waals surface area contributed by atoms with E-state index in [-0.39, 0.29) is 18.4 Å². The van der Waals surface area contributed by atoms with Gasteiger partial charge in [-0.1, -0.05) is 13.3 Å². The van der Waals surface area contributed by atoms with Crippen molar-refractivity contribution in [1.82, 2.24) is 15.1 Å². The molecule has 2 amide bonds. The van der Waals surface area contributed by atoms with Crippen LogP contribution in [0.2, 0.25) is 0 Å². The van der Waals surface area contributed by atoms with Crippen molar-refractivity contribution in [2.45, 2.75) is 51.5 Å². The first-order chi connectivity index (χ1) is 9.72. The van der Waals surface area contributed by atoms with Gasteiger partial charge in [0, 0.05) is 32.1 Å². The molecule has 0 aromatic heterocycles. The van der Waals surface area contributed by atoms with Crippen LogP contribution >= 0.6 is 0 Å². The second-order valence-corrected chi connectivity index (χ2v) is 5.86. The van der Waals surface area contributed by atoms with Gasteiger partial charge < -0.3 is 15.1 Å². The summed E-state index contributed by atoms with van der Waals surface area (Å²) in [6.07, 6.45) is 5.69. The Morgan fingerprint density at radius 2 is 2.25 bits per heavy atom. The standard InChI is InChI=1S/C15H27N3O2/c1-2-9-18(13-7-8-16-11-13)15(20)12-17-10-5-3-4-6-14(17)19/h13,16H,2-12H2,1H3. The fraction of sp³-hybridized carbons (Fsp3) is 0.867. The number of nitrogens with one attached hydrogen (secondary N) is 1.